The quantitative estimate of drug-likeness (QED) is 0.669. The minimum atomic E-state index is -0.138. The molecule has 0 aliphatic carbocycles. The number of hydrogen-bond donors (Lipinski definition) is 0. The van der Waals surface area contributed by atoms with Crippen molar-refractivity contribution >= 4 is 0 Å². The molecule has 3 nitrogen and oxygen atoms in total. The molecule has 3 heteroatoms. The number of hydrogen-bond acceptors (Lipinski definition) is 3. The summed E-state index contributed by atoms with van der Waals surface area (Å²) < 4.78 is 16.3. The van der Waals surface area contributed by atoms with Gasteiger partial charge < -0.3 is 13.9 Å². The van der Waals surface area contributed by atoms with E-state index in [2.05, 4.69) is 13.8 Å². The third kappa shape index (κ3) is 4.81. The number of rotatable bonds is 7. The van der Waals surface area contributed by atoms with E-state index in [0.29, 0.717) is 13.2 Å². The summed E-state index contributed by atoms with van der Waals surface area (Å²) in [7, 11) is 0. The van der Waals surface area contributed by atoms with E-state index in [1.165, 1.54) is 0 Å². The molecule has 1 aromatic rings. The summed E-state index contributed by atoms with van der Waals surface area (Å²) in [5.41, 5.74) is 0.0587. The van der Waals surface area contributed by atoms with Gasteiger partial charge in [0.2, 0.25) is 0 Å². The Labute approximate surface area is 97.7 Å². The average molecular weight is 226 g/mol. The van der Waals surface area contributed by atoms with Crippen LogP contribution in [0.4, 0.5) is 0 Å². The Kier molecular flexibility index (Phi) is 5.03. The van der Waals surface area contributed by atoms with Gasteiger partial charge in [-0.05, 0) is 31.4 Å². The van der Waals surface area contributed by atoms with E-state index >= 15 is 0 Å². The highest BCUT2D eigenvalue weighted by Crippen LogP contribution is 2.23. The first-order valence-electron chi connectivity index (χ1n) is 5.79. The van der Waals surface area contributed by atoms with E-state index in [1.807, 2.05) is 26.0 Å². The Bertz CT molecular complexity index is 277. The molecular weight excluding hydrogens is 204 g/mol. The molecule has 0 saturated heterocycles. The predicted molar refractivity (Wildman–Crippen MR) is 63.2 cm³/mol. The Morgan fingerprint density at radius 2 is 2.12 bits per heavy atom. The summed E-state index contributed by atoms with van der Waals surface area (Å²) in [6.45, 7) is 9.55. The minimum Gasteiger partial charge on any atom is -0.469 e. The zero-order chi connectivity index (χ0) is 12.0. The maximum absolute atomic E-state index is 5.63. The fraction of sp³-hybridized carbons (Fsp3) is 0.692. The average Bonchev–Trinajstić information content (AvgIpc) is 2.67. The van der Waals surface area contributed by atoms with Gasteiger partial charge in [-0.25, -0.2) is 0 Å². The Hall–Kier alpha value is -0.800. The highest BCUT2D eigenvalue weighted by Gasteiger charge is 2.21. The lowest BCUT2D eigenvalue weighted by atomic mass is 9.89. The van der Waals surface area contributed by atoms with Crippen LogP contribution in [0.2, 0.25) is 0 Å². The fourth-order valence-electron chi connectivity index (χ4n) is 1.56. The second-order valence-corrected chi connectivity index (χ2v) is 4.75. The molecule has 0 fully saturated rings. The molecule has 0 aliphatic heterocycles. The molecule has 0 aromatic carbocycles. The van der Waals surface area contributed by atoms with Gasteiger partial charge in [0.25, 0.3) is 0 Å². The van der Waals surface area contributed by atoms with Gasteiger partial charge in [0, 0.05) is 13.0 Å². The fourth-order valence-corrected chi connectivity index (χ4v) is 1.56. The van der Waals surface area contributed by atoms with Crippen molar-refractivity contribution < 1.29 is 13.9 Å². The molecule has 0 bridgehead atoms. The largest absolute Gasteiger partial charge is 0.469 e. The van der Waals surface area contributed by atoms with Crippen LogP contribution in [0.15, 0.2) is 22.8 Å². The first kappa shape index (κ1) is 13.3. The first-order valence-corrected chi connectivity index (χ1v) is 5.79. The van der Waals surface area contributed by atoms with Crippen molar-refractivity contribution in [1.82, 2.24) is 0 Å². The van der Waals surface area contributed by atoms with Gasteiger partial charge in [0.15, 0.2) is 6.29 Å². The topological polar surface area (TPSA) is 31.6 Å². The SMILES string of the molecule is CCOC(C)OCC(C)(C)Cc1ccco1. The zero-order valence-electron chi connectivity index (χ0n) is 10.7. The molecule has 1 atom stereocenters. The van der Waals surface area contributed by atoms with Crippen molar-refractivity contribution in [2.24, 2.45) is 5.41 Å². The maximum Gasteiger partial charge on any atom is 0.154 e. The molecule has 16 heavy (non-hydrogen) atoms. The summed E-state index contributed by atoms with van der Waals surface area (Å²) in [4.78, 5) is 0. The summed E-state index contributed by atoms with van der Waals surface area (Å²) in [6, 6.07) is 3.91. The van der Waals surface area contributed by atoms with Crippen LogP contribution in [0.5, 0.6) is 0 Å². The molecule has 0 saturated carbocycles. The van der Waals surface area contributed by atoms with Crippen molar-refractivity contribution in [2.45, 2.75) is 40.4 Å². The van der Waals surface area contributed by atoms with Crippen LogP contribution in [0, 0.1) is 5.41 Å². The molecule has 1 rings (SSSR count). The lowest BCUT2D eigenvalue weighted by Crippen LogP contribution is -2.26. The first-order chi connectivity index (χ1) is 7.53. The normalized spacial score (nSPS) is 14.0. The Morgan fingerprint density at radius 3 is 2.69 bits per heavy atom. The lowest BCUT2D eigenvalue weighted by Gasteiger charge is -2.25. The van der Waals surface area contributed by atoms with Gasteiger partial charge in [-0.2, -0.15) is 0 Å². The van der Waals surface area contributed by atoms with Crippen molar-refractivity contribution in [3.8, 4) is 0 Å². The maximum atomic E-state index is 5.63. The molecular formula is C13H22O3. The van der Waals surface area contributed by atoms with Crippen LogP contribution in [-0.4, -0.2) is 19.5 Å². The van der Waals surface area contributed by atoms with E-state index in [9.17, 15) is 0 Å². The smallest absolute Gasteiger partial charge is 0.154 e. The van der Waals surface area contributed by atoms with Gasteiger partial charge in [0.05, 0.1) is 12.9 Å². The molecule has 1 heterocycles. The molecule has 1 aromatic heterocycles. The Balaban J connectivity index is 2.33. The van der Waals surface area contributed by atoms with Crippen LogP contribution in [0.3, 0.4) is 0 Å². The van der Waals surface area contributed by atoms with Crippen molar-refractivity contribution in [3.05, 3.63) is 24.2 Å². The van der Waals surface area contributed by atoms with E-state index in [-0.39, 0.29) is 11.7 Å². The van der Waals surface area contributed by atoms with Gasteiger partial charge in [0.1, 0.15) is 5.76 Å². The summed E-state index contributed by atoms with van der Waals surface area (Å²) in [6.07, 6.45) is 2.44. The van der Waals surface area contributed by atoms with Gasteiger partial charge >= 0.3 is 0 Å². The monoisotopic (exact) mass is 226 g/mol. The van der Waals surface area contributed by atoms with E-state index in [0.717, 1.165) is 12.2 Å². The molecule has 0 radical (unpaired) electrons. The number of ether oxygens (including phenoxy) is 2. The standard InChI is InChI=1S/C13H22O3/c1-5-14-11(2)16-10-13(3,4)9-12-7-6-8-15-12/h6-8,11H,5,9-10H2,1-4H3. The van der Waals surface area contributed by atoms with Crippen LogP contribution in [-0.2, 0) is 15.9 Å². The minimum absolute atomic E-state index is 0.0587. The van der Waals surface area contributed by atoms with Crippen molar-refractivity contribution in [2.75, 3.05) is 13.2 Å². The highest BCUT2D eigenvalue weighted by atomic mass is 16.7. The third-order valence-electron chi connectivity index (χ3n) is 2.34. The van der Waals surface area contributed by atoms with Crippen LogP contribution in [0.1, 0.15) is 33.5 Å². The summed E-state index contributed by atoms with van der Waals surface area (Å²) >= 11 is 0. The molecule has 0 spiro atoms. The molecule has 0 N–H and O–H groups in total. The van der Waals surface area contributed by atoms with Crippen LogP contribution in [0.25, 0.3) is 0 Å². The van der Waals surface area contributed by atoms with Crippen molar-refractivity contribution in [3.63, 3.8) is 0 Å². The predicted octanol–water partition coefficient (Wildman–Crippen LogP) is 3.25. The van der Waals surface area contributed by atoms with Crippen LogP contribution < -0.4 is 0 Å². The van der Waals surface area contributed by atoms with E-state index in [4.69, 9.17) is 13.9 Å². The van der Waals surface area contributed by atoms with Crippen molar-refractivity contribution in [1.29, 1.82) is 0 Å². The highest BCUT2D eigenvalue weighted by molar-refractivity contribution is 5.00. The molecule has 0 aliphatic rings. The van der Waals surface area contributed by atoms with E-state index < -0.39 is 0 Å². The second kappa shape index (κ2) is 6.06. The summed E-state index contributed by atoms with van der Waals surface area (Å²) in [5.74, 6) is 0.998. The zero-order valence-corrected chi connectivity index (χ0v) is 10.7. The number of furan rings is 1. The van der Waals surface area contributed by atoms with Gasteiger partial charge in [-0.1, -0.05) is 13.8 Å². The van der Waals surface area contributed by atoms with Gasteiger partial charge in [-0.3, -0.25) is 0 Å². The molecule has 0 amide bonds. The summed E-state index contributed by atoms with van der Waals surface area (Å²) in [5, 5.41) is 0. The second-order valence-electron chi connectivity index (χ2n) is 4.75. The van der Waals surface area contributed by atoms with Gasteiger partial charge in [-0.15, -0.1) is 0 Å². The van der Waals surface area contributed by atoms with Crippen LogP contribution >= 0.6 is 0 Å². The molecule has 1 unspecified atom stereocenters. The Morgan fingerprint density at radius 1 is 1.38 bits per heavy atom. The molecule has 92 valence electrons. The van der Waals surface area contributed by atoms with E-state index in [1.54, 1.807) is 6.26 Å². The third-order valence-corrected chi connectivity index (χ3v) is 2.34. The lowest BCUT2D eigenvalue weighted by molar-refractivity contribution is -0.144.